The van der Waals surface area contributed by atoms with Crippen molar-refractivity contribution in [1.29, 1.82) is 0 Å². The molecule has 0 spiro atoms. The number of ether oxygens (including phenoxy) is 1. The van der Waals surface area contributed by atoms with E-state index in [1.807, 2.05) is 0 Å². The molecule has 5 nitrogen and oxygen atoms in total. The number of hydrogen-bond acceptors (Lipinski definition) is 3. The van der Waals surface area contributed by atoms with Crippen LogP contribution in [0.2, 0.25) is 5.02 Å². The van der Waals surface area contributed by atoms with Crippen molar-refractivity contribution in [2.75, 3.05) is 19.7 Å². The maximum Gasteiger partial charge on any atom is 0.334 e. The van der Waals surface area contributed by atoms with Gasteiger partial charge in [-0.3, -0.25) is 4.79 Å². The lowest BCUT2D eigenvalue weighted by Gasteiger charge is -2.31. The summed E-state index contributed by atoms with van der Waals surface area (Å²) < 4.78 is 5.70. The summed E-state index contributed by atoms with van der Waals surface area (Å²) in [4.78, 5) is 24.6. The van der Waals surface area contributed by atoms with Crippen LogP contribution >= 0.6 is 27.5 Å². The van der Waals surface area contributed by atoms with Gasteiger partial charge in [0.2, 0.25) is 0 Å². The lowest BCUT2D eigenvalue weighted by atomic mass is 10.1. The zero-order valence-electron chi connectivity index (χ0n) is 9.81. The molecule has 1 atom stereocenters. The van der Waals surface area contributed by atoms with Gasteiger partial charge in [-0.1, -0.05) is 17.7 Å². The predicted octanol–water partition coefficient (Wildman–Crippen LogP) is 2.03. The number of aliphatic carboxylic acids is 1. The lowest BCUT2D eigenvalue weighted by Crippen LogP contribution is -2.48. The van der Waals surface area contributed by atoms with Crippen LogP contribution in [0.15, 0.2) is 22.7 Å². The molecule has 19 heavy (non-hydrogen) atoms. The van der Waals surface area contributed by atoms with E-state index in [4.69, 9.17) is 21.4 Å². The Balaban J connectivity index is 2.19. The molecule has 0 radical (unpaired) electrons. The minimum absolute atomic E-state index is 0.0248. The molecular formula is C12H11BrClNO4. The van der Waals surface area contributed by atoms with Gasteiger partial charge in [-0.2, -0.15) is 0 Å². The maximum atomic E-state index is 12.3. The first-order chi connectivity index (χ1) is 9.00. The summed E-state index contributed by atoms with van der Waals surface area (Å²) in [5.41, 5.74) is 0.349. The Bertz CT molecular complexity index is 522. The van der Waals surface area contributed by atoms with E-state index in [-0.39, 0.29) is 19.1 Å². The summed E-state index contributed by atoms with van der Waals surface area (Å²) >= 11 is 9.32. The molecule has 0 aliphatic carbocycles. The van der Waals surface area contributed by atoms with Crippen LogP contribution < -0.4 is 0 Å². The molecule has 1 amide bonds. The van der Waals surface area contributed by atoms with Gasteiger partial charge in [0.05, 0.1) is 23.7 Å². The Morgan fingerprint density at radius 1 is 1.47 bits per heavy atom. The molecule has 1 unspecified atom stereocenters. The average molecular weight is 349 g/mol. The Morgan fingerprint density at radius 2 is 2.21 bits per heavy atom. The minimum atomic E-state index is -1.07. The molecule has 2 rings (SSSR count). The van der Waals surface area contributed by atoms with E-state index in [1.165, 1.54) is 4.90 Å². The number of halogens is 2. The van der Waals surface area contributed by atoms with Crippen LogP contribution in [-0.4, -0.2) is 47.7 Å². The van der Waals surface area contributed by atoms with Crippen molar-refractivity contribution >= 4 is 39.4 Å². The molecule has 1 aliphatic rings. The van der Waals surface area contributed by atoms with Crippen LogP contribution in [0.4, 0.5) is 0 Å². The fourth-order valence-corrected chi connectivity index (χ4v) is 2.40. The number of amides is 1. The van der Waals surface area contributed by atoms with Gasteiger partial charge in [0.1, 0.15) is 0 Å². The molecule has 1 N–H and O–H groups in total. The van der Waals surface area contributed by atoms with Gasteiger partial charge in [-0.25, -0.2) is 4.79 Å². The average Bonchev–Trinajstić information content (AvgIpc) is 2.41. The van der Waals surface area contributed by atoms with Crippen molar-refractivity contribution in [3.63, 3.8) is 0 Å². The second kappa shape index (κ2) is 5.90. The van der Waals surface area contributed by atoms with Gasteiger partial charge in [0, 0.05) is 11.0 Å². The highest BCUT2D eigenvalue weighted by Crippen LogP contribution is 2.27. The topological polar surface area (TPSA) is 66.8 Å². The van der Waals surface area contributed by atoms with Crippen LogP contribution in [0.5, 0.6) is 0 Å². The molecule has 1 heterocycles. The number of carboxylic acids is 1. The van der Waals surface area contributed by atoms with E-state index in [9.17, 15) is 9.59 Å². The van der Waals surface area contributed by atoms with Crippen LogP contribution in [-0.2, 0) is 9.53 Å². The first kappa shape index (κ1) is 14.3. The molecule has 1 aromatic rings. The van der Waals surface area contributed by atoms with Gasteiger partial charge in [-0.15, -0.1) is 0 Å². The fourth-order valence-electron chi connectivity index (χ4n) is 1.82. The summed E-state index contributed by atoms with van der Waals surface area (Å²) in [7, 11) is 0. The Morgan fingerprint density at radius 3 is 2.89 bits per heavy atom. The third kappa shape index (κ3) is 3.08. The molecule has 0 saturated carbocycles. The maximum absolute atomic E-state index is 12.3. The van der Waals surface area contributed by atoms with Gasteiger partial charge in [-0.05, 0) is 28.1 Å². The van der Waals surface area contributed by atoms with E-state index < -0.39 is 12.1 Å². The molecule has 0 aromatic heterocycles. The van der Waals surface area contributed by atoms with Crippen LogP contribution in [0.25, 0.3) is 0 Å². The van der Waals surface area contributed by atoms with E-state index >= 15 is 0 Å². The van der Waals surface area contributed by atoms with E-state index in [2.05, 4.69) is 15.9 Å². The van der Waals surface area contributed by atoms with Crippen molar-refractivity contribution in [3.8, 4) is 0 Å². The number of carboxylic acid groups (broad SMARTS) is 1. The molecule has 1 aliphatic heterocycles. The Kier molecular flexibility index (Phi) is 4.44. The quantitative estimate of drug-likeness (QED) is 0.888. The van der Waals surface area contributed by atoms with Gasteiger partial charge in [0.25, 0.3) is 5.91 Å². The third-order valence-corrected chi connectivity index (χ3v) is 4.11. The van der Waals surface area contributed by atoms with E-state index in [1.54, 1.807) is 18.2 Å². The second-order valence-electron chi connectivity index (χ2n) is 4.05. The van der Waals surface area contributed by atoms with Crippen molar-refractivity contribution in [1.82, 2.24) is 4.90 Å². The van der Waals surface area contributed by atoms with Gasteiger partial charge >= 0.3 is 5.97 Å². The molecule has 1 aromatic carbocycles. The van der Waals surface area contributed by atoms with Gasteiger partial charge in [0.15, 0.2) is 6.10 Å². The number of carbonyl (C=O) groups is 2. The largest absolute Gasteiger partial charge is 0.479 e. The van der Waals surface area contributed by atoms with Crippen LogP contribution in [0.3, 0.4) is 0 Å². The first-order valence-electron chi connectivity index (χ1n) is 5.58. The number of benzene rings is 1. The molecule has 1 fully saturated rings. The predicted molar refractivity (Wildman–Crippen MR) is 72.4 cm³/mol. The highest BCUT2D eigenvalue weighted by Gasteiger charge is 2.30. The van der Waals surface area contributed by atoms with Crippen molar-refractivity contribution in [2.24, 2.45) is 0 Å². The van der Waals surface area contributed by atoms with Crippen LogP contribution in [0, 0.1) is 0 Å². The number of morpholine rings is 1. The molecule has 102 valence electrons. The van der Waals surface area contributed by atoms with Crippen molar-refractivity contribution in [3.05, 3.63) is 33.3 Å². The SMILES string of the molecule is O=C(O)C1CN(C(=O)c2cccc(Br)c2Cl)CCO1. The Labute approximate surface area is 123 Å². The van der Waals surface area contributed by atoms with Crippen LogP contribution in [0.1, 0.15) is 10.4 Å². The number of carbonyl (C=O) groups excluding carboxylic acids is 1. The summed E-state index contributed by atoms with van der Waals surface area (Å²) in [5, 5.41) is 9.24. The highest BCUT2D eigenvalue weighted by atomic mass is 79.9. The summed E-state index contributed by atoms with van der Waals surface area (Å²) in [6.07, 6.45) is -0.983. The summed E-state index contributed by atoms with van der Waals surface area (Å²) in [6, 6.07) is 5.05. The fraction of sp³-hybridized carbons (Fsp3) is 0.333. The first-order valence-corrected chi connectivity index (χ1v) is 6.75. The summed E-state index contributed by atoms with van der Waals surface area (Å²) in [5.74, 6) is -1.36. The highest BCUT2D eigenvalue weighted by molar-refractivity contribution is 9.10. The number of rotatable bonds is 2. The monoisotopic (exact) mass is 347 g/mol. The van der Waals surface area contributed by atoms with Crippen molar-refractivity contribution < 1.29 is 19.4 Å². The molecule has 7 heteroatoms. The Hall–Kier alpha value is -1.11. The molecule has 1 saturated heterocycles. The lowest BCUT2D eigenvalue weighted by molar-refractivity contribution is -0.154. The second-order valence-corrected chi connectivity index (χ2v) is 5.28. The van der Waals surface area contributed by atoms with E-state index in [0.29, 0.717) is 21.6 Å². The zero-order valence-corrected chi connectivity index (χ0v) is 12.1. The van der Waals surface area contributed by atoms with Gasteiger partial charge < -0.3 is 14.7 Å². The van der Waals surface area contributed by atoms with Crippen molar-refractivity contribution in [2.45, 2.75) is 6.10 Å². The standard InChI is InChI=1S/C12H11BrClNO4/c13-8-3-1-2-7(10(8)14)11(16)15-4-5-19-9(6-15)12(17)18/h1-3,9H,4-6H2,(H,17,18). The normalized spacial score (nSPS) is 19.3. The molecule has 0 bridgehead atoms. The number of hydrogen-bond donors (Lipinski definition) is 1. The van der Waals surface area contributed by atoms with E-state index in [0.717, 1.165) is 0 Å². The summed E-state index contributed by atoms with van der Waals surface area (Å²) in [6.45, 7) is 0.580. The molecular weight excluding hydrogens is 337 g/mol. The number of nitrogens with zero attached hydrogens (tertiary/aromatic N) is 1. The zero-order chi connectivity index (χ0) is 14.0. The smallest absolute Gasteiger partial charge is 0.334 e. The minimum Gasteiger partial charge on any atom is -0.479 e. The third-order valence-electron chi connectivity index (χ3n) is 2.81.